The van der Waals surface area contributed by atoms with Crippen molar-refractivity contribution in [2.75, 3.05) is 5.32 Å². The van der Waals surface area contributed by atoms with Crippen LogP contribution in [0.5, 0.6) is 0 Å². The second-order valence-corrected chi connectivity index (χ2v) is 6.61. The molecular formula is C15H14Cl2NO3-. The molecule has 0 radical (unpaired) electrons. The maximum absolute atomic E-state index is 12.3. The molecule has 1 aromatic rings. The van der Waals surface area contributed by atoms with Gasteiger partial charge in [-0.2, -0.15) is 0 Å². The second kappa shape index (κ2) is 5.70. The smallest absolute Gasteiger partial charge is 0.228 e. The number of hydrogen-bond donors (Lipinski definition) is 1. The number of aromatic carboxylic acids is 1. The van der Waals surface area contributed by atoms with E-state index in [2.05, 4.69) is 5.32 Å². The summed E-state index contributed by atoms with van der Waals surface area (Å²) in [5, 5.41) is 13.7. The van der Waals surface area contributed by atoms with E-state index in [4.69, 9.17) is 23.2 Å². The second-order valence-electron chi connectivity index (χ2n) is 5.60. The minimum absolute atomic E-state index is 0.0493. The van der Waals surface area contributed by atoms with E-state index in [0.29, 0.717) is 0 Å². The van der Waals surface area contributed by atoms with Crippen molar-refractivity contribution in [3.63, 3.8) is 0 Å². The Balaban J connectivity index is 2.17. The number of nitrogens with one attached hydrogen (secondary N) is 1. The molecular weight excluding hydrogens is 313 g/mol. The zero-order valence-electron chi connectivity index (χ0n) is 11.5. The molecule has 4 nitrogen and oxygen atoms in total. The molecule has 6 heteroatoms. The van der Waals surface area contributed by atoms with Crippen LogP contribution in [0.3, 0.4) is 0 Å². The number of carboxylic acid groups (broad SMARTS) is 1. The first kappa shape index (κ1) is 15.9. The lowest BCUT2D eigenvalue weighted by atomic mass is 10.1. The van der Waals surface area contributed by atoms with Crippen molar-refractivity contribution < 1.29 is 14.7 Å². The molecule has 2 rings (SSSR count). The van der Waals surface area contributed by atoms with Crippen LogP contribution >= 0.6 is 23.2 Å². The third kappa shape index (κ3) is 3.22. The molecule has 1 aliphatic carbocycles. The third-order valence-corrected chi connectivity index (χ3v) is 4.16. The maximum atomic E-state index is 12.3. The molecule has 0 aliphatic heterocycles. The van der Waals surface area contributed by atoms with Gasteiger partial charge in [0, 0.05) is 11.3 Å². The number of allylic oxidation sites excluding steroid dienone is 1. The van der Waals surface area contributed by atoms with Gasteiger partial charge in [0.05, 0.1) is 11.9 Å². The Morgan fingerprint density at radius 2 is 1.90 bits per heavy atom. The average Bonchev–Trinajstić information content (AvgIpc) is 2.90. The molecule has 1 aromatic carbocycles. The zero-order valence-corrected chi connectivity index (χ0v) is 13.0. The number of anilines is 1. The predicted octanol–water partition coefficient (Wildman–Crippen LogP) is 2.58. The molecule has 1 N–H and O–H groups in total. The van der Waals surface area contributed by atoms with Gasteiger partial charge in [-0.15, -0.1) is 0 Å². The van der Waals surface area contributed by atoms with Crippen LogP contribution < -0.4 is 10.4 Å². The highest BCUT2D eigenvalue weighted by Crippen LogP contribution is 2.60. The fourth-order valence-electron chi connectivity index (χ4n) is 2.61. The molecule has 2 atom stereocenters. The van der Waals surface area contributed by atoms with Crippen LogP contribution in [0.15, 0.2) is 34.8 Å². The Morgan fingerprint density at radius 3 is 2.48 bits per heavy atom. The standard InChI is InChI=1S/C15H15Cl2NO3/c1-15(2)9(7-11(16)17)12(15)13(19)18-10-6-4-3-5-8(10)14(20)21/h3-7,9,12H,1-2H3,(H,18,19)(H,20,21)/p-1/t9-,12+/m0/s1. The summed E-state index contributed by atoms with van der Waals surface area (Å²) in [6.45, 7) is 3.86. The van der Waals surface area contributed by atoms with Crippen molar-refractivity contribution in [3.8, 4) is 0 Å². The lowest BCUT2D eigenvalue weighted by Crippen LogP contribution is -2.25. The van der Waals surface area contributed by atoms with Crippen molar-refractivity contribution >= 4 is 40.8 Å². The van der Waals surface area contributed by atoms with Crippen LogP contribution in [0.4, 0.5) is 5.69 Å². The van der Waals surface area contributed by atoms with Gasteiger partial charge < -0.3 is 15.2 Å². The Kier molecular flexibility index (Phi) is 4.30. The maximum Gasteiger partial charge on any atom is 0.228 e. The number of carboxylic acids is 1. The summed E-state index contributed by atoms with van der Waals surface area (Å²) in [7, 11) is 0. The van der Waals surface area contributed by atoms with Gasteiger partial charge >= 0.3 is 0 Å². The fourth-order valence-corrected chi connectivity index (χ4v) is 2.88. The van der Waals surface area contributed by atoms with Crippen LogP contribution in [-0.4, -0.2) is 11.9 Å². The minimum Gasteiger partial charge on any atom is -0.545 e. The summed E-state index contributed by atoms with van der Waals surface area (Å²) in [6, 6.07) is 6.13. The van der Waals surface area contributed by atoms with Gasteiger partial charge in [0.15, 0.2) is 0 Å². The number of halogens is 2. The van der Waals surface area contributed by atoms with E-state index in [9.17, 15) is 14.7 Å². The zero-order chi connectivity index (χ0) is 15.8. The van der Waals surface area contributed by atoms with E-state index in [1.165, 1.54) is 12.1 Å². The Morgan fingerprint density at radius 1 is 1.29 bits per heavy atom. The summed E-state index contributed by atoms with van der Waals surface area (Å²) in [4.78, 5) is 23.3. The fraction of sp³-hybridized carbons (Fsp3) is 0.333. The van der Waals surface area contributed by atoms with Gasteiger partial charge in [-0.1, -0.05) is 55.2 Å². The molecule has 0 bridgehead atoms. The number of benzene rings is 1. The Hall–Kier alpha value is -1.52. The molecule has 1 amide bonds. The number of amides is 1. The first-order valence-corrected chi connectivity index (χ1v) is 7.14. The highest BCUT2D eigenvalue weighted by atomic mass is 35.5. The van der Waals surface area contributed by atoms with Crippen molar-refractivity contribution in [2.24, 2.45) is 17.3 Å². The first-order chi connectivity index (χ1) is 9.75. The van der Waals surface area contributed by atoms with Gasteiger partial charge in [0.25, 0.3) is 0 Å². The molecule has 0 heterocycles. The predicted molar refractivity (Wildman–Crippen MR) is 80.0 cm³/mol. The van der Waals surface area contributed by atoms with Gasteiger partial charge in [-0.3, -0.25) is 4.79 Å². The molecule has 0 unspecified atom stereocenters. The molecule has 1 fully saturated rings. The first-order valence-electron chi connectivity index (χ1n) is 6.39. The largest absolute Gasteiger partial charge is 0.545 e. The van der Waals surface area contributed by atoms with Gasteiger partial charge in [0.2, 0.25) is 5.91 Å². The van der Waals surface area contributed by atoms with Crippen molar-refractivity contribution in [1.29, 1.82) is 0 Å². The molecule has 1 saturated carbocycles. The van der Waals surface area contributed by atoms with Crippen molar-refractivity contribution in [3.05, 3.63) is 40.4 Å². The highest BCUT2D eigenvalue weighted by molar-refractivity contribution is 6.55. The summed E-state index contributed by atoms with van der Waals surface area (Å²) in [5.74, 6) is -1.97. The molecule has 21 heavy (non-hydrogen) atoms. The summed E-state index contributed by atoms with van der Waals surface area (Å²) in [6.07, 6.45) is 1.64. The number of rotatable bonds is 4. The number of carbonyl (C=O) groups is 2. The van der Waals surface area contributed by atoms with Crippen molar-refractivity contribution in [2.45, 2.75) is 13.8 Å². The molecule has 112 valence electrons. The van der Waals surface area contributed by atoms with Gasteiger partial charge in [-0.25, -0.2) is 0 Å². The Bertz CT molecular complexity index is 621. The van der Waals surface area contributed by atoms with E-state index in [-0.39, 0.29) is 38.9 Å². The van der Waals surface area contributed by atoms with E-state index in [0.717, 1.165) is 0 Å². The minimum atomic E-state index is -1.33. The molecule has 0 spiro atoms. The van der Waals surface area contributed by atoms with E-state index in [1.54, 1.807) is 18.2 Å². The van der Waals surface area contributed by atoms with E-state index >= 15 is 0 Å². The highest BCUT2D eigenvalue weighted by Gasteiger charge is 2.60. The third-order valence-electron chi connectivity index (χ3n) is 3.90. The average molecular weight is 327 g/mol. The monoisotopic (exact) mass is 326 g/mol. The molecule has 1 aliphatic rings. The quantitative estimate of drug-likeness (QED) is 0.924. The lowest BCUT2D eigenvalue weighted by molar-refractivity contribution is -0.254. The van der Waals surface area contributed by atoms with Crippen LogP contribution in [0.25, 0.3) is 0 Å². The van der Waals surface area contributed by atoms with Crippen LogP contribution in [0.2, 0.25) is 0 Å². The summed E-state index contributed by atoms with van der Waals surface area (Å²) in [5.41, 5.74) is -0.0908. The summed E-state index contributed by atoms with van der Waals surface area (Å²) < 4.78 is 0.124. The number of carbonyl (C=O) groups excluding carboxylic acids is 2. The number of para-hydroxylation sites is 1. The number of hydrogen-bond acceptors (Lipinski definition) is 3. The van der Waals surface area contributed by atoms with Crippen LogP contribution in [-0.2, 0) is 4.79 Å². The topological polar surface area (TPSA) is 69.2 Å². The van der Waals surface area contributed by atoms with Crippen molar-refractivity contribution in [1.82, 2.24) is 0 Å². The van der Waals surface area contributed by atoms with Gasteiger partial charge in [-0.05, 0) is 23.5 Å². The van der Waals surface area contributed by atoms with E-state index in [1.807, 2.05) is 13.8 Å². The summed E-state index contributed by atoms with van der Waals surface area (Å²) >= 11 is 11.3. The van der Waals surface area contributed by atoms with Gasteiger partial charge in [0.1, 0.15) is 4.49 Å². The van der Waals surface area contributed by atoms with E-state index < -0.39 is 5.97 Å². The lowest BCUT2D eigenvalue weighted by Gasteiger charge is -2.12. The van der Waals surface area contributed by atoms with Crippen LogP contribution in [0, 0.1) is 17.3 Å². The Labute approximate surface area is 132 Å². The van der Waals surface area contributed by atoms with Crippen LogP contribution in [0.1, 0.15) is 24.2 Å². The normalized spacial score (nSPS) is 22.3. The molecule has 0 saturated heterocycles. The SMILES string of the molecule is CC1(C)[C@@H](C=C(Cl)Cl)[C@@H]1C(=O)Nc1ccccc1C(=O)[O-]. The molecule has 0 aromatic heterocycles.